The third kappa shape index (κ3) is 4.38. The van der Waals surface area contributed by atoms with Gasteiger partial charge in [0.05, 0.1) is 32.0 Å². The SMILES string of the molecule is CC[C@@H]1CN(C(=O)N2CCc3cc(-c4cnc5[nH]cc(C)c5c4)cc([C@@H]4COCCN4)c3C2)CCO1. The van der Waals surface area contributed by atoms with Crippen LogP contribution in [0.3, 0.4) is 0 Å². The highest BCUT2D eigenvalue weighted by Gasteiger charge is 2.31. The van der Waals surface area contributed by atoms with Crippen LogP contribution in [0.4, 0.5) is 4.79 Å². The van der Waals surface area contributed by atoms with Crippen molar-refractivity contribution in [3.05, 3.63) is 52.8 Å². The number of hydrogen-bond acceptors (Lipinski definition) is 5. The minimum absolute atomic E-state index is 0.112. The zero-order valence-corrected chi connectivity index (χ0v) is 21.2. The number of morpholine rings is 2. The summed E-state index contributed by atoms with van der Waals surface area (Å²) in [5, 5.41) is 4.80. The van der Waals surface area contributed by atoms with Crippen LogP contribution in [0.15, 0.2) is 30.6 Å². The second kappa shape index (κ2) is 9.84. The first-order valence-corrected chi connectivity index (χ1v) is 13.2. The Balaban J connectivity index is 1.34. The molecule has 0 bridgehead atoms. The third-order valence-corrected chi connectivity index (χ3v) is 7.88. The number of rotatable bonds is 3. The van der Waals surface area contributed by atoms with Crippen LogP contribution in [0, 0.1) is 6.92 Å². The molecule has 8 heteroatoms. The molecule has 0 radical (unpaired) electrons. The molecule has 2 saturated heterocycles. The molecule has 0 aliphatic carbocycles. The van der Waals surface area contributed by atoms with E-state index in [9.17, 15) is 4.79 Å². The number of aromatic nitrogens is 2. The summed E-state index contributed by atoms with van der Waals surface area (Å²) in [7, 11) is 0. The number of aryl methyl sites for hydroxylation is 1. The van der Waals surface area contributed by atoms with Crippen LogP contribution in [-0.2, 0) is 22.4 Å². The van der Waals surface area contributed by atoms with Crippen molar-refractivity contribution in [3.8, 4) is 11.1 Å². The van der Waals surface area contributed by atoms with E-state index in [1.54, 1.807) is 0 Å². The van der Waals surface area contributed by atoms with Crippen molar-refractivity contribution in [2.24, 2.45) is 0 Å². The summed E-state index contributed by atoms with van der Waals surface area (Å²) < 4.78 is 11.6. The number of carbonyl (C=O) groups excluding carboxylic acids is 1. The minimum atomic E-state index is 0.112. The molecule has 5 heterocycles. The topological polar surface area (TPSA) is 82.7 Å². The number of nitrogens with zero attached hydrogens (tertiary/aromatic N) is 3. The van der Waals surface area contributed by atoms with Crippen LogP contribution in [0.5, 0.6) is 0 Å². The fourth-order valence-electron chi connectivity index (χ4n) is 5.74. The Morgan fingerprint density at radius 1 is 1.17 bits per heavy atom. The second-order valence-electron chi connectivity index (χ2n) is 10.2. The maximum Gasteiger partial charge on any atom is 0.320 e. The standard InChI is InChI=1S/C28H35N5O3/c1-3-22-15-33(7-9-36-22)28(34)32-6-4-19-10-20(21-12-23-18(2)13-30-27(23)31-14-21)11-24(25(19)16-32)26-17-35-8-5-29-26/h10-14,22,26,29H,3-9,15-17H2,1-2H3,(H,30,31)/t22-,26+/m1/s1. The van der Waals surface area contributed by atoms with Crippen molar-refractivity contribution >= 4 is 17.1 Å². The van der Waals surface area contributed by atoms with Gasteiger partial charge in [0, 0.05) is 56.1 Å². The zero-order valence-electron chi connectivity index (χ0n) is 21.2. The third-order valence-electron chi connectivity index (χ3n) is 7.88. The Bertz CT molecular complexity index is 1270. The summed E-state index contributed by atoms with van der Waals surface area (Å²) >= 11 is 0. The van der Waals surface area contributed by atoms with E-state index in [-0.39, 0.29) is 18.2 Å². The molecule has 0 unspecified atom stereocenters. The molecule has 6 rings (SSSR count). The van der Waals surface area contributed by atoms with Gasteiger partial charge in [0.25, 0.3) is 0 Å². The van der Waals surface area contributed by atoms with Gasteiger partial charge in [-0.2, -0.15) is 0 Å². The first kappa shape index (κ1) is 23.5. The van der Waals surface area contributed by atoms with Gasteiger partial charge in [-0.1, -0.05) is 13.0 Å². The molecular formula is C28H35N5O3. The summed E-state index contributed by atoms with van der Waals surface area (Å²) in [6.45, 7) is 9.73. The number of fused-ring (bicyclic) bond motifs is 2. The summed E-state index contributed by atoms with van der Waals surface area (Å²) in [5.41, 5.74) is 8.21. The molecule has 2 aromatic heterocycles. The highest BCUT2D eigenvalue weighted by Crippen LogP contribution is 2.35. The van der Waals surface area contributed by atoms with Gasteiger partial charge in [0.1, 0.15) is 5.65 Å². The number of ether oxygens (including phenoxy) is 2. The first-order valence-electron chi connectivity index (χ1n) is 13.2. The van der Waals surface area contributed by atoms with Gasteiger partial charge in [-0.25, -0.2) is 9.78 Å². The molecule has 0 spiro atoms. The Kier molecular flexibility index (Phi) is 6.41. The van der Waals surface area contributed by atoms with E-state index in [1.165, 1.54) is 27.8 Å². The van der Waals surface area contributed by atoms with Gasteiger partial charge in [-0.3, -0.25) is 0 Å². The van der Waals surface area contributed by atoms with Crippen molar-refractivity contribution in [3.63, 3.8) is 0 Å². The van der Waals surface area contributed by atoms with E-state index < -0.39 is 0 Å². The lowest BCUT2D eigenvalue weighted by Gasteiger charge is -2.39. The number of H-pyrrole nitrogens is 1. The van der Waals surface area contributed by atoms with Crippen LogP contribution in [0.2, 0.25) is 0 Å². The summed E-state index contributed by atoms with van der Waals surface area (Å²) in [6, 6.07) is 7.05. The molecular weight excluding hydrogens is 454 g/mol. The van der Waals surface area contributed by atoms with Gasteiger partial charge in [-0.05, 0) is 59.7 Å². The van der Waals surface area contributed by atoms with Crippen molar-refractivity contribution < 1.29 is 14.3 Å². The number of benzene rings is 1. The number of urea groups is 1. The van der Waals surface area contributed by atoms with Crippen molar-refractivity contribution in [1.29, 1.82) is 0 Å². The lowest BCUT2D eigenvalue weighted by atomic mass is 9.87. The lowest BCUT2D eigenvalue weighted by molar-refractivity contribution is -0.0209. The molecule has 2 N–H and O–H groups in total. The summed E-state index contributed by atoms with van der Waals surface area (Å²) in [4.78, 5) is 25.4. The second-order valence-corrected chi connectivity index (χ2v) is 10.2. The molecule has 1 aromatic carbocycles. The van der Waals surface area contributed by atoms with Crippen molar-refractivity contribution in [1.82, 2.24) is 25.1 Å². The van der Waals surface area contributed by atoms with E-state index >= 15 is 0 Å². The summed E-state index contributed by atoms with van der Waals surface area (Å²) in [5.74, 6) is 0. The smallest absolute Gasteiger partial charge is 0.320 e. The molecule has 2 fully saturated rings. The minimum Gasteiger partial charge on any atom is -0.378 e. The number of pyridine rings is 1. The number of hydrogen-bond donors (Lipinski definition) is 2. The van der Waals surface area contributed by atoms with Gasteiger partial charge < -0.3 is 29.6 Å². The van der Waals surface area contributed by atoms with E-state index in [0.717, 1.165) is 49.1 Å². The Morgan fingerprint density at radius 3 is 2.92 bits per heavy atom. The molecule has 190 valence electrons. The number of nitrogens with one attached hydrogen (secondary N) is 2. The van der Waals surface area contributed by atoms with E-state index in [1.807, 2.05) is 22.2 Å². The monoisotopic (exact) mass is 489 g/mol. The quantitative estimate of drug-likeness (QED) is 0.585. The van der Waals surface area contributed by atoms with E-state index in [2.05, 4.69) is 47.3 Å². The van der Waals surface area contributed by atoms with Crippen LogP contribution in [-0.4, -0.2) is 77.9 Å². The molecule has 3 aliphatic heterocycles. The maximum atomic E-state index is 13.5. The average Bonchev–Trinajstić information content (AvgIpc) is 3.32. The zero-order chi connectivity index (χ0) is 24.6. The van der Waals surface area contributed by atoms with E-state index in [4.69, 9.17) is 9.47 Å². The lowest BCUT2D eigenvalue weighted by Crippen LogP contribution is -2.52. The number of aromatic amines is 1. The highest BCUT2D eigenvalue weighted by atomic mass is 16.5. The highest BCUT2D eigenvalue weighted by molar-refractivity contribution is 5.84. The van der Waals surface area contributed by atoms with Gasteiger partial charge in [0.2, 0.25) is 0 Å². The molecule has 2 atom stereocenters. The van der Waals surface area contributed by atoms with Crippen LogP contribution in [0.25, 0.3) is 22.2 Å². The largest absolute Gasteiger partial charge is 0.378 e. The van der Waals surface area contributed by atoms with Crippen molar-refractivity contribution in [2.45, 2.75) is 45.4 Å². The van der Waals surface area contributed by atoms with Gasteiger partial charge in [0.15, 0.2) is 0 Å². The molecule has 36 heavy (non-hydrogen) atoms. The predicted molar refractivity (Wildman–Crippen MR) is 139 cm³/mol. The molecule has 2 amide bonds. The maximum absolute atomic E-state index is 13.5. The molecule has 0 saturated carbocycles. The molecule has 3 aromatic rings. The fourth-order valence-corrected chi connectivity index (χ4v) is 5.74. The molecule has 8 nitrogen and oxygen atoms in total. The Morgan fingerprint density at radius 2 is 2.08 bits per heavy atom. The van der Waals surface area contributed by atoms with Crippen LogP contribution < -0.4 is 5.32 Å². The average molecular weight is 490 g/mol. The van der Waals surface area contributed by atoms with Gasteiger partial charge >= 0.3 is 6.03 Å². The predicted octanol–water partition coefficient (Wildman–Crippen LogP) is 3.79. The first-order chi connectivity index (χ1) is 17.6. The Hall–Kier alpha value is -2.94. The van der Waals surface area contributed by atoms with Crippen molar-refractivity contribution in [2.75, 3.05) is 46.0 Å². The van der Waals surface area contributed by atoms with Crippen LogP contribution >= 0.6 is 0 Å². The normalized spacial score (nSPS) is 22.6. The van der Waals surface area contributed by atoms with Crippen LogP contribution in [0.1, 0.15) is 41.6 Å². The Labute approximate surface area is 212 Å². The van der Waals surface area contributed by atoms with Gasteiger partial charge in [-0.15, -0.1) is 0 Å². The number of carbonyl (C=O) groups is 1. The van der Waals surface area contributed by atoms with E-state index in [0.29, 0.717) is 32.8 Å². The number of amides is 2. The fraction of sp³-hybridized carbons (Fsp3) is 0.500. The summed E-state index contributed by atoms with van der Waals surface area (Å²) in [6.07, 6.45) is 5.86. The molecule has 3 aliphatic rings.